The summed E-state index contributed by atoms with van der Waals surface area (Å²) in [7, 11) is 0. The Kier molecular flexibility index (Phi) is 6.70. The summed E-state index contributed by atoms with van der Waals surface area (Å²) in [4.78, 5) is 12.9. The van der Waals surface area contributed by atoms with Crippen LogP contribution in [0.2, 0.25) is 5.02 Å². The molecule has 0 bridgehead atoms. The van der Waals surface area contributed by atoms with Crippen LogP contribution in [0.1, 0.15) is 16.7 Å². The number of nitrogens with one attached hydrogen (secondary N) is 1. The molecule has 1 amide bonds. The van der Waals surface area contributed by atoms with Crippen LogP contribution in [0.3, 0.4) is 0 Å². The summed E-state index contributed by atoms with van der Waals surface area (Å²) in [5.41, 5.74) is 5.19. The molecule has 0 aromatic heterocycles. The van der Waals surface area contributed by atoms with Crippen LogP contribution in [-0.4, -0.2) is 25.0 Å². The molecule has 0 aliphatic rings. The summed E-state index contributed by atoms with van der Waals surface area (Å²) >= 11 is 7.78. The first kappa shape index (κ1) is 18.4. The van der Waals surface area contributed by atoms with E-state index in [1.54, 1.807) is 30.1 Å². The molecular weight excluding hydrogens is 344 g/mol. The van der Waals surface area contributed by atoms with Crippen molar-refractivity contribution >= 4 is 35.5 Å². The Morgan fingerprint density at radius 3 is 2.46 bits per heavy atom. The molecule has 126 valence electrons. The lowest BCUT2D eigenvalue weighted by molar-refractivity contribution is -0.123. The predicted octanol–water partition coefficient (Wildman–Crippen LogP) is 4.21. The standard InChI is InChI=1S/C18H19ClN2O2S/c1-12-8-15(9-13(2)18(12)19)23-11-17(22)21-20-10-14-4-6-16(24-3)7-5-14/h4-10H,11H2,1-3H3,(H,21,22). The van der Waals surface area contributed by atoms with Crippen LogP contribution in [0.15, 0.2) is 46.4 Å². The maximum absolute atomic E-state index is 11.8. The zero-order chi connectivity index (χ0) is 17.5. The van der Waals surface area contributed by atoms with Crippen LogP contribution >= 0.6 is 23.4 Å². The number of halogens is 1. The third-order valence-corrected chi connectivity index (χ3v) is 4.64. The van der Waals surface area contributed by atoms with Crippen molar-refractivity contribution in [2.45, 2.75) is 18.7 Å². The summed E-state index contributed by atoms with van der Waals surface area (Å²) in [5.74, 6) is 0.290. The zero-order valence-electron chi connectivity index (χ0n) is 13.8. The Morgan fingerprint density at radius 1 is 1.25 bits per heavy atom. The molecule has 6 heteroatoms. The zero-order valence-corrected chi connectivity index (χ0v) is 15.4. The number of hydrazone groups is 1. The second-order valence-corrected chi connectivity index (χ2v) is 6.48. The van der Waals surface area contributed by atoms with E-state index in [2.05, 4.69) is 10.5 Å². The van der Waals surface area contributed by atoms with Crippen LogP contribution in [0.4, 0.5) is 0 Å². The monoisotopic (exact) mass is 362 g/mol. The Balaban J connectivity index is 1.83. The van der Waals surface area contributed by atoms with E-state index in [4.69, 9.17) is 16.3 Å². The number of ether oxygens (including phenoxy) is 1. The lowest BCUT2D eigenvalue weighted by Crippen LogP contribution is -2.24. The van der Waals surface area contributed by atoms with E-state index in [0.29, 0.717) is 10.8 Å². The number of carbonyl (C=O) groups excluding carboxylic acids is 1. The van der Waals surface area contributed by atoms with Crippen molar-refractivity contribution < 1.29 is 9.53 Å². The van der Waals surface area contributed by atoms with Gasteiger partial charge < -0.3 is 4.74 Å². The lowest BCUT2D eigenvalue weighted by atomic mass is 10.1. The Hall–Kier alpha value is -1.98. The second kappa shape index (κ2) is 8.76. The van der Waals surface area contributed by atoms with E-state index in [1.807, 2.05) is 44.4 Å². The Labute approximate surface area is 151 Å². The van der Waals surface area contributed by atoms with E-state index < -0.39 is 0 Å². The van der Waals surface area contributed by atoms with Crippen molar-refractivity contribution in [1.82, 2.24) is 5.43 Å². The molecule has 2 aromatic rings. The summed E-state index contributed by atoms with van der Waals surface area (Å²) in [6.45, 7) is 3.69. The van der Waals surface area contributed by atoms with E-state index in [1.165, 1.54) is 4.90 Å². The highest BCUT2D eigenvalue weighted by atomic mass is 35.5. The molecule has 0 spiro atoms. The van der Waals surface area contributed by atoms with Crippen molar-refractivity contribution in [3.05, 3.63) is 58.1 Å². The average Bonchev–Trinajstić information content (AvgIpc) is 2.58. The van der Waals surface area contributed by atoms with Gasteiger partial charge in [-0.2, -0.15) is 5.10 Å². The number of carbonyl (C=O) groups is 1. The van der Waals surface area contributed by atoms with E-state index in [9.17, 15) is 4.79 Å². The minimum atomic E-state index is -0.322. The van der Waals surface area contributed by atoms with Crippen molar-refractivity contribution in [3.8, 4) is 5.75 Å². The molecule has 0 saturated carbocycles. The second-order valence-electron chi connectivity index (χ2n) is 5.23. The number of amides is 1. The van der Waals surface area contributed by atoms with Gasteiger partial charge in [-0.25, -0.2) is 5.43 Å². The number of rotatable bonds is 6. The fraction of sp³-hybridized carbons (Fsp3) is 0.222. The van der Waals surface area contributed by atoms with Crippen LogP contribution in [0.5, 0.6) is 5.75 Å². The number of thioether (sulfide) groups is 1. The summed E-state index contributed by atoms with van der Waals surface area (Å²) < 4.78 is 5.47. The molecule has 1 N–H and O–H groups in total. The molecule has 0 atom stereocenters. The molecule has 0 saturated heterocycles. The highest BCUT2D eigenvalue weighted by molar-refractivity contribution is 7.98. The van der Waals surface area contributed by atoms with Crippen molar-refractivity contribution in [2.24, 2.45) is 5.10 Å². The lowest BCUT2D eigenvalue weighted by Gasteiger charge is -2.09. The molecule has 0 radical (unpaired) electrons. The van der Waals surface area contributed by atoms with Gasteiger partial charge in [-0.15, -0.1) is 11.8 Å². The summed E-state index contributed by atoms with van der Waals surface area (Å²) in [6, 6.07) is 11.5. The molecule has 2 rings (SSSR count). The Bertz CT molecular complexity index is 722. The quantitative estimate of drug-likeness (QED) is 0.476. The molecule has 4 nitrogen and oxygen atoms in total. The first-order chi connectivity index (χ1) is 11.5. The van der Waals surface area contributed by atoms with Gasteiger partial charge in [0, 0.05) is 9.92 Å². The number of nitrogens with zero attached hydrogens (tertiary/aromatic N) is 1. The maximum Gasteiger partial charge on any atom is 0.277 e. The number of benzene rings is 2. The molecule has 0 unspecified atom stereocenters. The van der Waals surface area contributed by atoms with Gasteiger partial charge in [-0.3, -0.25) is 4.79 Å². The topological polar surface area (TPSA) is 50.7 Å². The van der Waals surface area contributed by atoms with Crippen LogP contribution in [0, 0.1) is 13.8 Å². The molecule has 0 aliphatic heterocycles. The van der Waals surface area contributed by atoms with Crippen molar-refractivity contribution in [1.29, 1.82) is 0 Å². The SMILES string of the molecule is CSc1ccc(C=NNC(=O)COc2cc(C)c(Cl)c(C)c2)cc1. The van der Waals surface area contributed by atoms with Crippen molar-refractivity contribution in [2.75, 3.05) is 12.9 Å². The van der Waals surface area contributed by atoms with Crippen LogP contribution in [-0.2, 0) is 4.79 Å². The largest absolute Gasteiger partial charge is 0.484 e. The fourth-order valence-corrected chi connectivity index (χ4v) is 2.56. The minimum Gasteiger partial charge on any atom is -0.484 e. The van der Waals surface area contributed by atoms with Gasteiger partial charge in [0.25, 0.3) is 5.91 Å². The first-order valence-corrected chi connectivity index (χ1v) is 8.95. The van der Waals surface area contributed by atoms with E-state index in [0.717, 1.165) is 16.7 Å². The van der Waals surface area contributed by atoms with Gasteiger partial charge in [0.05, 0.1) is 6.21 Å². The van der Waals surface area contributed by atoms with Gasteiger partial charge in [0.15, 0.2) is 6.61 Å². The highest BCUT2D eigenvalue weighted by Gasteiger charge is 2.06. The van der Waals surface area contributed by atoms with Gasteiger partial charge >= 0.3 is 0 Å². The molecule has 0 fully saturated rings. The summed E-state index contributed by atoms with van der Waals surface area (Å²) in [5, 5.41) is 4.64. The summed E-state index contributed by atoms with van der Waals surface area (Å²) in [6.07, 6.45) is 3.62. The molecule has 24 heavy (non-hydrogen) atoms. The smallest absolute Gasteiger partial charge is 0.277 e. The normalized spacial score (nSPS) is 10.8. The minimum absolute atomic E-state index is 0.108. The molecule has 0 heterocycles. The fourth-order valence-electron chi connectivity index (χ4n) is 2.04. The number of aryl methyl sites for hydroxylation is 2. The van der Waals surface area contributed by atoms with Crippen LogP contribution in [0.25, 0.3) is 0 Å². The molecular formula is C18H19ClN2O2S. The van der Waals surface area contributed by atoms with Crippen molar-refractivity contribution in [3.63, 3.8) is 0 Å². The van der Waals surface area contributed by atoms with E-state index in [-0.39, 0.29) is 12.5 Å². The number of hydrogen-bond acceptors (Lipinski definition) is 4. The first-order valence-electron chi connectivity index (χ1n) is 7.35. The third kappa shape index (κ3) is 5.28. The number of hydrogen-bond donors (Lipinski definition) is 1. The van der Waals surface area contributed by atoms with Gasteiger partial charge in [-0.1, -0.05) is 23.7 Å². The van der Waals surface area contributed by atoms with Gasteiger partial charge in [0.1, 0.15) is 5.75 Å². The Morgan fingerprint density at radius 2 is 1.88 bits per heavy atom. The molecule has 2 aromatic carbocycles. The van der Waals surface area contributed by atoms with Gasteiger partial charge in [-0.05, 0) is 61.1 Å². The average molecular weight is 363 g/mol. The van der Waals surface area contributed by atoms with E-state index >= 15 is 0 Å². The molecule has 0 aliphatic carbocycles. The predicted molar refractivity (Wildman–Crippen MR) is 100 cm³/mol. The third-order valence-electron chi connectivity index (χ3n) is 3.30. The van der Waals surface area contributed by atoms with Crippen LogP contribution < -0.4 is 10.2 Å². The van der Waals surface area contributed by atoms with Gasteiger partial charge in [0.2, 0.25) is 0 Å². The maximum atomic E-state index is 11.8. The highest BCUT2D eigenvalue weighted by Crippen LogP contribution is 2.25.